The lowest BCUT2D eigenvalue weighted by atomic mass is 9.92. The van der Waals surface area contributed by atoms with Crippen LogP contribution in [0.5, 0.6) is 80.5 Å². The van der Waals surface area contributed by atoms with Gasteiger partial charge < -0.3 is 70.8 Å². The molecule has 6 rings (SSSR count). The first-order chi connectivity index (χ1) is 31.0. The molecule has 0 aliphatic rings. The number of nitro groups is 2. The van der Waals surface area contributed by atoms with Gasteiger partial charge in [-0.05, 0) is 12.1 Å². The van der Waals surface area contributed by atoms with E-state index in [4.69, 9.17) is 9.47 Å². The van der Waals surface area contributed by atoms with E-state index in [1.807, 2.05) is 0 Å². The molecule has 24 nitrogen and oxygen atoms in total. The van der Waals surface area contributed by atoms with Crippen molar-refractivity contribution in [3.8, 4) is 80.5 Å². The molecule has 6 aromatic carbocycles. The van der Waals surface area contributed by atoms with Crippen LogP contribution < -0.4 is 9.47 Å². The molecule has 24 heteroatoms. The predicted molar refractivity (Wildman–Crippen MR) is 219 cm³/mol. The van der Waals surface area contributed by atoms with Crippen molar-refractivity contribution < 1.29 is 99.8 Å². The van der Waals surface area contributed by atoms with Gasteiger partial charge in [0.05, 0.1) is 46.3 Å². The predicted octanol–water partition coefficient (Wildman–Crippen LogP) is 4.60. The number of benzene rings is 6. The van der Waals surface area contributed by atoms with Gasteiger partial charge in [-0.3, -0.25) is 39.4 Å². The maximum absolute atomic E-state index is 13.1. The average Bonchev–Trinajstić information content (AvgIpc) is 3.30. The molecule has 0 aliphatic carbocycles. The number of carbonyl (C=O) groups is 4. The summed E-state index contributed by atoms with van der Waals surface area (Å²) in [7, 11) is 2.34. The van der Waals surface area contributed by atoms with Gasteiger partial charge in [-0.2, -0.15) is 0 Å². The Bertz CT molecular complexity index is 2870. The number of phenolic OH excluding ortho intramolecular Hbond substituents is 12. The molecule has 0 bridgehead atoms. The second-order valence-electron chi connectivity index (χ2n) is 13.2. The van der Waals surface area contributed by atoms with Crippen LogP contribution >= 0.6 is 0 Å². The Balaban J connectivity index is 0.000000248. The number of nitro benzene ring substituents is 2. The fourth-order valence-electron chi connectivity index (χ4n) is 6.14. The van der Waals surface area contributed by atoms with E-state index in [9.17, 15) is 101 Å². The highest BCUT2D eigenvalue weighted by Gasteiger charge is 2.33. The number of ketones is 4. The highest BCUT2D eigenvalue weighted by atomic mass is 16.6. The SMILES string of the molecule is COc1cc(C(=O)c2ccccc2C(=O)c2cc(OC)c(O)c(O)c2O)c(O)c(O)c1O.O=C(c1ccccc1C(=O)c1cc([N+](=O)[O-])c(O)c(O)c1O)c1cc([N+](=O)[O-])c(O)c(O)c1O. The second kappa shape index (κ2) is 18.2. The smallest absolute Gasteiger partial charge is 0.315 e. The van der Waals surface area contributed by atoms with Gasteiger partial charge >= 0.3 is 11.4 Å². The minimum Gasteiger partial charge on any atom is -0.504 e. The van der Waals surface area contributed by atoms with Gasteiger partial charge in [0, 0.05) is 34.4 Å². The van der Waals surface area contributed by atoms with Gasteiger partial charge in [-0.1, -0.05) is 48.5 Å². The normalized spacial score (nSPS) is 10.6. The van der Waals surface area contributed by atoms with Gasteiger partial charge in [0.1, 0.15) is 0 Å². The van der Waals surface area contributed by atoms with Crippen LogP contribution in [0.3, 0.4) is 0 Å². The molecule has 0 spiro atoms. The molecule has 0 fully saturated rings. The zero-order chi connectivity index (χ0) is 49.2. The molecule has 0 saturated carbocycles. The summed E-state index contributed by atoms with van der Waals surface area (Å²) in [6, 6.07) is 12.9. The maximum atomic E-state index is 13.1. The fraction of sp³-hybridized carbons (Fsp3) is 0.0476. The van der Waals surface area contributed by atoms with E-state index in [1.54, 1.807) is 0 Å². The minimum absolute atomic E-state index is 0.231. The number of phenols is 12. The molecule has 0 unspecified atom stereocenters. The van der Waals surface area contributed by atoms with Crippen molar-refractivity contribution >= 4 is 34.5 Å². The van der Waals surface area contributed by atoms with Crippen LogP contribution in [0.25, 0.3) is 0 Å². The Hall–Kier alpha value is -10.0. The Morgan fingerprint density at radius 2 is 0.591 bits per heavy atom. The largest absolute Gasteiger partial charge is 0.504 e. The molecule has 0 radical (unpaired) electrons. The Morgan fingerprint density at radius 1 is 0.364 bits per heavy atom. The first-order valence-electron chi connectivity index (χ1n) is 17.9. The van der Waals surface area contributed by atoms with Crippen LogP contribution in [0.15, 0.2) is 72.8 Å². The van der Waals surface area contributed by atoms with Gasteiger partial charge in [-0.25, -0.2) is 0 Å². The van der Waals surface area contributed by atoms with E-state index < -0.39 is 147 Å². The van der Waals surface area contributed by atoms with Crippen molar-refractivity contribution in [3.63, 3.8) is 0 Å². The van der Waals surface area contributed by atoms with E-state index in [0.29, 0.717) is 12.1 Å². The van der Waals surface area contributed by atoms with Crippen molar-refractivity contribution in [1.82, 2.24) is 0 Å². The average molecular weight is 915 g/mol. The van der Waals surface area contributed by atoms with Crippen LogP contribution in [0.2, 0.25) is 0 Å². The summed E-state index contributed by atoms with van der Waals surface area (Å²) in [6.07, 6.45) is 0. The molecule has 12 N–H and O–H groups in total. The number of hydrogen-bond acceptors (Lipinski definition) is 22. The molecule has 0 aliphatic heterocycles. The zero-order valence-corrected chi connectivity index (χ0v) is 33.3. The van der Waals surface area contributed by atoms with Gasteiger partial charge in [0.15, 0.2) is 57.6 Å². The van der Waals surface area contributed by atoms with Gasteiger partial charge in [-0.15, -0.1) is 0 Å². The van der Waals surface area contributed by atoms with Crippen molar-refractivity contribution in [1.29, 1.82) is 0 Å². The third-order valence-corrected chi connectivity index (χ3v) is 9.52. The monoisotopic (exact) mass is 914 g/mol. The van der Waals surface area contributed by atoms with E-state index in [0.717, 1.165) is 24.3 Å². The Kier molecular flexibility index (Phi) is 12.9. The van der Waals surface area contributed by atoms with Gasteiger partial charge in [0.2, 0.25) is 46.0 Å². The van der Waals surface area contributed by atoms with Crippen molar-refractivity contribution in [3.05, 3.63) is 138 Å². The second-order valence-corrected chi connectivity index (χ2v) is 13.2. The molecule has 0 saturated heterocycles. The maximum Gasteiger partial charge on any atom is 0.315 e. The van der Waals surface area contributed by atoms with E-state index >= 15 is 0 Å². The highest BCUT2D eigenvalue weighted by molar-refractivity contribution is 6.23. The molecule has 0 amide bonds. The van der Waals surface area contributed by atoms with Crippen molar-refractivity contribution in [2.75, 3.05) is 14.2 Å². The molecular formula is C42H30N2O22. The highest BCUT2D eigenvalue weighted by Crippen LogP contribution is 2.49. The molecule has 66 heavy (non-hydrogen) atoms. The first-order valence-corrected chi connectivity index (χ1v) is 17.9. The lowest BCUT2D eigenvalue weighted by Gasteiger charge is -2.14. The molecule has 6 aromatic rings. The molecule has 0 atom stereocenters. The molecule has 0 aromatic heterocycles. The third kappa shape index (κ3) is 8.20. The summed E-state index contributed by atoms with van der Waals surface area (Å²) >= 11 is 0. The van der Waals surface area contributed by atoms with Crippen LogP contribution in [-0.2, 0) is 0 Å². The van der Waals surface area contributed by atoms with E-state index in [-0.39, 0.29) is 22.6 Å². The van der Waals surface area contributed by atoms with E-state index in [2.05, 4.69) is 0 Å². The summed E-state index contributed by atoms with van der Waals surface area (Å²) in [4.78, 5) is 72.3. The van der Waals surface area contributed by atoms with Crippen molar-refractivity contribution in [2.45, 2.75) is 0 Å². The summed E-state index contributed by atoms with van der Waals surface area (Å²) < 4.78 is 9.76. The summed E-state index contributed by atoms with van der Waals surface area (Å²) in [5.41, 5.74) is -6.44. The third-order valence-electron chi connectivity index (χ3n) is 9.52. The van der Waals surface area contributed by atoms with Crippen molar-refractivity contribution in [2.24, 2.45) is 0 Å². The summed E-state index contributed by atoms with van der Waals surface area (Å²) in [6.45, 7) is 0. The number of methoxy groups -OCH3 is 2. The minimum atomic E-state index is -1.36. The lowest BCUT2D eigenvalue weighted by molar-refractivity contribution is -0.386. The Morgan fingerprint density at radius 3 is 0.818 bits per heavy atom. The van der Waals surface area contributed by atoms with Gasteiger partial charge in [0.25, 0.3) is 0 Å². The quantitative estimate of drug-likeness (QED) is 0.0345. The lowest BCUT2D eigenvalue weighted by Crippen LogP contribution is -2.12. The van der Waals surface area contributed by atoms with Crippen LogP contribution in [0.1, 0.15) is 63.7 Å². The Labute approximate surface area is 366 Å². The number of nitrogens with zero attached hydrogens (tertiary/aromatic N) is 2. The standard InChI is InChI=1S/C22H18O10.C20H12N2O12/c1-31-13-7-11(17(25)21(29)19(13)27)15(23)9-5-3-4-6-10(9)16(24)12-8-14(32-2)20(28)22(30)18(12)26;23-13(9-5-11(21(31)32)17(27)19(29)15(9)25)7-3-1-2-4-8(7)14(24)10-6-12(22(33)34)18(28)20(30)16(10)26/h3-8,25-30H,1-2H3;1-6,25-30H. The number of rotatable bonds is 12. The fourth-order valence-corrected chi connectivity index (χ4v) is 6.14. The van der Waals surface area contributed by atoms with Crippen LogP contribution in [0.4, 0.5) is 11.4 Å². The number of carbonyl (C=O) groups excluding carboxylic acids is 4. The molecule has 0 heterocycles. The number of aromatic hydroxyl groups is 12. The van der Waals surface area contributed by atoms with Crippen LogP contribution in [0, 0.1) is 20.2 Å². The topological polar surface area (TPSA) is 416 Å². The summed E-state index contributed by atoms with van der Waals surface area (Å²) in [5.74, 6) is -18.0. The summed E-state index contributed by atoms with van der Waals surface area (Å²) in [5, 5.41) is 141. The number of hydrogen-bond donors (Lipinski definition) is 12. The first kappa shape index (κ1) is 47.1. The zero-order valence-electron chi connectivity index (χ0n) is 33.3. The van der Waals surface area contributed by atoms with Crippen LogP contribution in [-0.4, -0.2) is 108 Å². The van der Waals surface area contributed by atoms with E-state index in [1.165, 1.54) is 50.6 Å². The number of ether oxygens (including phenoxy) is 2. The molecule has 340 valence electrons. The molecular weight excluding hydrogens is 884 g/mol.